The van der Waals surface area contributed by atoms with Crippen LogP contribution in [0.2, 0.25) is 0 Å². The summed E-state index contributed by atoms with van der Waals surface area (Å²) in [6, 6.07) is 97.9. The molecule has 0 amide bonds. The van der Waals surface area contributed by atoms with Gasteiger partial charge in [-0.25, -0.2) is 0 Å². The maximum atomic E-state index is 2.62. The van der Waals surface area contributed by atoms with Crippen LogP contribution in [0.25, 0.3) is 161 Å². The van der Waals surface area contributed by atoms with Crippen molar-refractivity contribution in [3.63, 3.8) is 0 Å². The first-order chi connectivity index (χ1) is 48.7. The first-order valence-corrected chi connectivity index (χ1v) is 36.0. The van der Waals surface area contributed by atoms with Crippen molar-refractivity contribution in [3.8, 4) is 78.4 Å². The molecule has 4 aromatic heterocycles. The molecule has 0 saturated heterocycles. The van der Waals surface area contributed by atoms with Crippen molar-refractivity contribution in [2.24, 2.45) is 0 Å². The second kappa shape index (κ2) is 19.3. The number of hydrogen-bond donors (Lipinski definition) is 0. The van der Waals surface area contributed by atoms with Crippen molar-refractivity contribution in [1.29, 1.82) is 0 Å². The third-order valence-electron chi connectivity index (χ3n) is 24.9. The van der Waals surface area contributed by atoms with E-state index in [4.69, 9.17) is 0 Å². The summed E-state index contributed by atoms with van der Waals surface area (Å²) >= 11 is 0. The molecule has 22 rings (SSSR count). The van der Waals surface area contributed by atoms with Crippen molar-refractivity contribution < 1.29 is 0 Å². The highest BCUT2D eigenvalue weighted by Gasteiger charge is 2.45. The maximum Gasteiger partial charge on any atom is 0.0588 e. The topological polar surface area (TPSA) is 19.7 Å². The molecule has 4 heteroatoms. The number of fused-ring (bicyclic) bond motifs is 28. The molecule has 13 aromatic carbocycles. The minimum absolute atomic E-state index is 0.275. The molecule has 0 saturated carbocycles. The van der Waals surface area contributed by atoms with E-state index in [2.05, 4.69) is 341 Å². The molecule has 4 nitrogen and oxygen atoms in total. The predicted molar refractivity (Wildman–Crippen MR) is 419 cm³/mol. The van der Waals surface area contributed by atoms with Crippen LogP contribution in [0.3, 0.4) is 0 Å². The van der Waals surface area contributed by atoms with Crippen molar-refractivity contribution in [3.05, 3.63) is 317 Å². The van der Waals surface area contributed by atoms with Crippen LogP contribution in [-0.2, 0) is 28.1 Å². The molecule has 0 atom stereocenters. The number of nitrogens with zero attached hydrogens (tertiary/aromatic N) is 4. The largest absolute Gasteiger partial charge is 0.313 e. The van der Waals surface area contributed by atoms with E-state index in [-0.39, 0.29) is 21.7 Å². The third-order valence-corrected chi connectivity index (χ3v) is 24.9. The van der Waals surface area contributed by atoms with Crippen LogP contribution < -0.4 is 0 Å². The minimum Gasteiger partial charge on any atom is -0.313 e. The summed E-state index contributed by atoms with van der Waals surface area (Å²) in [5, 5.41) is 9.07. The lowest BCUT2D eigenvalue weighted by atomic mass is 9.79. The first-order valence-electron chi connectivity index (χ1n) is 36.0. The van der Waals surface area contributed by atoms with Crippen LogP contribution in [-0.4, -0.2) is 18.3 Å². The number of allylic oxidation sites excluding steroid dienone is 1. The van der Waals surface area contributed by atoms with E-state index < -0.39 is 0 Å². The summed E-state index contributed by atoms with van der Waals surface area (Å²) < 4.78 is 10.3. The lowest BCUT2D eigenvalue weighted by Crippen LogP contribution is -2.18. The smallest absolute Gasteiger partial charge is 0.0588 e. The van der Waals surface area contributed by atoms with E-state index in [0.29, 0.717) is 0 Å². The Morgan fingerprint density at radius 1 is 0.260 bits per heavy atom. The molecule has 5 aliphatic rings. The van der Waals surface area contributed by atoms with Crippen molar-refractivity contribution in [1.82, 2.24) is 18.3 Å². The molecule has 0 unspecified atom stereocenters. The molecule has 4 heterocycles. The molecule has 476 valence electrons. The highest BCUT2D eigenvalue weighted by Crippen LogP contribution is 2.60. The van der Waals surface area contributed by atoms with Gasteiger partial charge < -0.3 is 18.3 Å². The first kappa shape index (κ1) is 56.5. The summed E-state index contributed by atoms with van der Waals surface area (Å²) in [5.74, 6) is 0. The van der Waals surface area contributed by atoms with Crippen LogP contribution in [0.15, 0.2) is 261 Å². The zero-order valence-corrected chi connectivity index (χ0v) is 57.6. The highest BCUT2D eigenvalue weighted by molar-refractivity contribution is 6.17. The molecular formula is C96H72N4. The van der Waals surface area contributed by atoms with Gasteiger partial charge in [-0.2, -0.15) is 0 Å². The second-order valence-corrected chi connectivity index (χ2v) is 31.4. The van der Waals surface area contributed by atoms with Gasteiger partial charge in [0.25, 0.3) is 0 Å². The number of para-hydroxylation sites is 5. The van der Waals surface area contributed by atoms with Crippen molar-refractivity contribution in [2.45, 2.75) is 89.9 Å². The fraction of sp³-hybridized carbons (Fsp3) is 0.146. The van der Waals surface area contributed by atoms with E-state index in [1.165, 1.54) is 210 Å². The standard InChI is InChI=1S/C96H72N4/c1-93(2)77-51-55(35-39-61(77)69-43-49-75-67-29-17-21-33-83(67)99(91(75)87(69)93)59-37-41-63-71-45-47-73-65-27-15-19-31-81(65)97(57-23-11-9-12-24-57)89(73)85(71)95(5,6)79(63)53-59)56-36-40-62-70-44-50-76-68-30-18-22-34-84(68)100(92(76)88(70)94(3,4)78(62)52-56)60-38-42-64-72-46-48-74-66-28-16-20-32-82(66)98(58-25-13-10-14-26-58)90(74)86(72)96(7,8)80(64)54-60/h9-19,21-31,33-54H,20,32H2,1-8H3. The molecule has 0 spiro atoms. The third kappa shape index (κ3) is 7.01. The van der Waals surface area contributed by atoms with Crippen LogP contribution in [0, 0.1) is 0 Å². The summed E-state index contributed by atoms with van der Waals surface area (Å²) in [7, 11) is 0. The quantitative estimate of drug-likeness (QED) is 0.164. The molecule has 0 radical (unpaired) electrons. The zero-order chi connectivity index (χ0) is 66.8. The zero-order valence-electron chi connectivity index (χ0n) is 57.6. The van der Waals surface area contributed by atoms with Crippen molar-refractivity contribution >= 4 is 82.4 Å². The maximum absolute atomic E-state index is 2.62. The van der Waals surface area contributed by atoms with Gasteiger partial charge in [-0.3, -0.25) is 0 Å². The van der Waals surface area contributed by atoms with E-state index in [1.807, 2.05) is 0 Å². The fourth-order valence-corrected chi connectivity index (χ4v) is 20.5. The highest BCUT2D eigenvalue weighted by atomic mass is 15.0. The monoisotopic (exact) mass is 1280 g/mol. The molecule has 0 bridgehead atoms. The van der Waals surface area contributed by atoms with Gasteiger partial charge in [0.15, 0.2) is 0 Å². The average molecular weight is 1280 g/mol. The van der Waals surface area contributed by atoms with Gasteiger partial charge in [0.2, 0.25) is 0 Å². The van der Waals surface area contributed by atoms with Crippen molar-refractivity contribution in [2.75, 3.05) is 0 Å². The van der Waals surface area contributed by atoms with E-state index in [1.54, 1.807) is 0 Å². The van der Waals surface area contributed by atoms with Gasteiger partial charge in [-0.15, -0.1) is 0 Å². The number of aromatic nitrogens is 4. The summed E-state index contributed by atoms with van der Waals surface area (Å²) in [6.45, 7) is 19.7. The van der Waals surface area contributed by atoms with Gasteiger partial charge in [0.1, 0.15) is 0 Å². The Kier molecular flexibility index (Phi) is 10.9. The Labute approximate surface area is 582 Å². The number of benzene rings is 13. The summed E-state index contributed by atoms with van der Waals surface area (Å²) in [6.07, 6.45) is 6.82. The van der Waals surface area contributed by atoms with Gasteiger partial charge in [0, 0.05) is 93.4 Å². The van der Waals surface area contributed by atoms with E-state index >= 15 is 0 Å². The van der Waals surface area contributed by atoms with Gasteiger partial charge in [0.05, 0.1) is 38.6 Å². The molecule has 0 N–H and O–H groups in total. The Morgan fingerprint density at radius 2 is 0.580 bits per heavy atom. The summed E-state index contributed by atoms with van der Waals surface area (Å²) in [4.78, 5) is 0. The van der Waals surface area contributed by atoms with Gasteiger partial charge in [-0.1, -0.05) is 243 Å². The number of rotatable bonds is 5. The molecule has 100 heavy (non-hydrogen) atoms. The van der Waals surface area contributed by atoms with Gasteiger partial charge >= 0.3 is 0 Å². The van der Waals surface area contributed by atoms with E-state index in [0.717, 1.165) is 12.8 Å². The Bertz CT molecular complexity index is 6620. The molecule has 17 aromatic rings. The van der Waals surface area contributed by atoms with E-state index in [9.17, 15) is 0 Å². The Hall–Kier alpha value is -11.5. The number of hydrogen-bond acceptors (Lipinski definition) is 0. The molecule has 0 aliphatic heterocycles. The fourth-order valence-electron chi connectivity index (χ4n) is 20.5. The lowest BCUT2D eigenvalue weighted by Gasteiger charge is -2.26. The molecule has 5 aliphatic carbocycles. The molecular weight excluding hydrogens is 1210 g/mol. The average Bonchev–Trinajstić information content (AvgIpc) is 1.54. The molecule has 0 fully saturated rings. The lowest BCUT2D eigenvalue weighted by molar-refractivity contribution is 0.660. The van der Waals surface area contributed by atoms with Crippen LogP contribution in [0.4, 0.5) is 0 Å². The minimum atomic E-state index is -0.327. The normalized spacial score (nSPS) is 15.8. The Balaban J connectivity index is 0.649. The van der Waals surface area contributed by atoms with Crippen LogP contribution >= 0.6 is 0 Å². The predicted octanol–water partition coefficient (Wildman–Crippen LogP) is 24.8. The second-order valence-electron chi connectivity index (χ2n) is 31.4. The Morgan fingerprint density at radius 3 is 0.990 bits per heavy atom. The van der Waals surface area contributed by atoms with Crippen LogP contribution in [0.5, 0.6) is 0 Å². The SMILES string of the molecule is CC1(C)c2cc(-n3c4ccccc4c4ccc5c(c43)C(C)(C)c3cc(-c4ccc6c(c4)C(C)(C)c4c-6ccc6c7ccccc7n(-c7ccc8c(c7)C(C)(C)c7c-8ccc8c9ccccc9n(-c9ccccc9)c78)c46)ccc3-5)ccc2-c2ccc3c4c(n(-c5ccccc5)c3c21)CCC=C4. The van der Waals surface area contributed by atoms with Gasteiger partial charge in [-0.05, 0) is 192 Å². The summed E-state index contributed by atoms with van der Waals surface area (Å²) in [5.41, 5.74) is 39.5. The van der Waals surface area contributed by atoms with Crippen LogP contribution in [0.1, 0.15) is 118 Å².